The van der Waals surface area contributed by atoms with Gasteiger partial charge in [-0.05, 0) is 18.9 Å². The van der Waals surface area contributed by atoms with Gasteiger partial charge in [-0.15, -0.1) is 0 Å². The van der Waals surface area contributed by atoms with Crippen molar-refractivity contribution in [1.29, 1.82) is 0 Å². The van der Waals surface area contributed by atoms with Crippen LogP contribution in [0.1, 0.15) is 38.8 Å². The fourth-order valence-corrected chi connectivity index (χ4v) is 2.87. The van der Waals surface area contributed by atoms with E-state index in [1.165, 1.54) is 17.1 Å². The molecule has 0 unspecified atom stereocenters. The van der Waals surface area contributed by atoms with Crippen molar-refractivity contribution < 1.29 is 0 Å². The van der Waals surface area contributed by atoms with E-state index in [0.29, 0.717) is 18.0 Å². The zero-order chi connectivity index (χ0) is 11.3. The van der Waals surface area contributed by atoms with Crippen LogP contribution in [0.4, 0.5) is 5.69 Å². The second-order valence-electron chi connectivity index (χ2n) is 5.19. The van der Waals surface area contributed by atoms with E-state index in [9.17, 15) is 0 Å². The molecule has 0 spiro atoms. The van der Waals surface area contributed by atoms with Crippen molar-refractivity contribution in [3.05, 3.63) is 29.8 Å². The summed E-state index contributed by atoms with van der Waals surface area (Å²) in [6, 6.07) is 9.69. The maximum Gasteiger partial charge on any atom is 0.108 e. The monoisotopic (exact) mass is 214 g/mol. The van der Waals surface area contributed by atoms with Gasteiger partial charge in [0.1, 0.15) is 5.84 Å². The van der Waals surface area contributed by atoms with Gasteiger partial charge in [-0.2, -0.15) is 0 Å². The lowest BCUT2D eigenvalue weighted by molar-refractivity contribution is 0.145. The molecule has 0 bridgehead atoms. The molecule has 1 aromatic carbocycles. The number of para-hydroxylation sites is 1. The first-order valence-corrected chi connectivity index (χ1v) is 6.13. The average Bonchev–Trinajstić information content (AvgIpc) is 2.22. The number of hydrogen-bond acceptors (Lipinski definition) is 2. The molecule has 2 heteroatoms. The molecule has 1 saturated heterocycles. The molecule has 0 saturated carbocycles. The molecule has 1 aromatic rings. The van der Waals surface area contributed by atoms with Crippen LogP contribution < -0.4 is 0 Å². The summed E-state index contributed by atoms with van der Waals surface area (Å²) < 4.78 is 0. The van der Waals surface area contributed by atoms with Crippen LogP contribution in [0.5, 0.6) is 0 Å². The van der Waals surface area contributed by atoms with Crippen molar-refractivity contribution in [2.75, 3.05) is 0 Å². The third-order valence-electron chi connectivity index (χ3n) is 3.87. The predicted molar refractivity (Wildman–Crippen MR) is 67.0 cm³/mol. The average molecular weight is 214 g/mol. The van der Waals surface area contributed by atoms with Crippen LogP contribution in [0.15, 0.2) is 29.3 Å². The van der Waals surface area contributed by atoms with Crippen molar-refractivity contribution in [3.8, 4) is 0 Å². The first kappa shape index (κ1) is 9.88. The highest BCUT2D eigenvalue weighted by Gasteiger charge is 2.41. The number of amidine groups is 1. The zero-order valence-corrected chi connectivity index (χ0v) is 10.1. The lowest BCUT2D eigenvalue weighted by Crippen LogP contribution is -2.56. The van der Waals surface area contributed by atoms with Gasteiger partial charge < -0.3 is 4.90 Å². The first-order chi connectivity index (χ1) is 7.68. The molecule has 0 aromatic heterocycles. The normalized spacial score (nSPS) is 27.0. The summed E-state index contributed by atoms with van der Waals surface area (Å²) in [5.74, 6) is 2.00. The summed E-state index contributed by atoms with van der Waals surface area (Å²) in [5, 5.41) is 0. The molecular weight excluding hydrogens is 196 g/mol. The third-order valence-corrected chi connectivity index (χ3v) is 3.87. The number of nitrogens with zero attached hydrogens (tertiary/aromatic N) is 2. The van der Waals surface area contributed by atoms with Gasteiger partial charge >= 0.3 is 0 Å². The van der Waals surface area contributed by atoms with Crippen molar-refractivity contribution in [1.82, 2.24) is 4.90 Å². The van der Waals surface area contributed by atoms with E-state index in [4.69, 9.17) is 4.99 Å². The first-order valence-electron chi connectivity index (χ1n) is 6.13. The molecule has 2 heterocycles. The SMILES string of the molecule is CC(C)[C@@H]1CC2=Nc3ccccc3[C@@H](C)N21. The molecule has 0 amide bonds. The highest BCUT2D eigenvalue weighted by molar-refractivity contribution is 5.93. The van der Waals surface area contributed by atoms with Crippen molar-refractivity contribution >= 4 is 11.5 Å². The highest BCUT2D eigenvalue weighted by atomic mass is 15.3. The molecule has 0 aliphatic carbocycles. The number of hydrogen-bond donors (Lipinski definition) is 0. The Labute approximate surface area is 97.0 Å². The fraction of sp³-hybridized carbons (Fsp3) is 0.500. The van der Waals surface area contributed by atoms with E-state index in [0.717, 1.165) is 6.42 Å². The molecule has 2 nitrogen and oxygen atoms in total. The maximum atomic E-state index is 4.74. The van der Waals surface area contributed by atoms with Gasteiger partial charge in [0.2, 0.25) is 0 Å². The number of aliphatic imine (C=N–C) groups is 1. The summed E-state index contributed by atoms with van der Waals surface area (Å²) in [7, 11) is 0. The molecule has 2 aliphatic rings. The lowest BCUT2D eigenvalue weighted by atomic mass is 9.85. The van der Waals surface area contributed by atoms with Crippen LogP contribution >= 0.6 is 0 Å². The summed E-state index contributed by atoms with van der Waals surface area (Å²) in [6.07, 6.45) is 1.15. The summed E-state index contributed by atoms with van der Waals surface area (Å²) in [4.78, 5) is 7.23. The molecule has 16 heavy (non-hydrogen) atoms. The van der Waals surface area contributed by atoms with E-state index in [2.05, 4.69) is 49.9 Å². The van der Waals surface area contributed by atoms with Gasteiger partial charge in [-0.25, -0.2) is 4.99 Å². The van der Waals surface area contributed by atoms with Crippen molar-refractivity contribution in [2.45, 2.75) is 39.3 Å². The fourth-order valence-electron chi connectivity index (χ4n) is 2.87. The van der Waals surface area contributed by atoms with E-state index < -0.39 is 0 Å². The Bertz CT molecular complexity index is 448. The van der Waals surface area contributed by atoms with Gasteiger partial charge in [-0.1, -0.05) is 32.0 Å². The lowest BCUT2D eigenvalue weighted by Gasteiger charge is -2.52. The van der Waals surface area contributed by atoms with Crippen molar-refractivity contribution in [3.63, 3.8) is 0 Å². The summed E-state index contributed by atoms with van der Waals surface area (Å²) in [5.41, 5.74) is 2.54. The van der Waals surface area contributed by atoms with Gasteiger partial charge in [0.25, 0.3) is 0 Å². The van der Waals surface area contributed by atoms with Gasteiger partial charge in [0, 0.05) is 18.0 Å². The Morgan fingerprint density at radius 1 is 1.31 bits per heavy atom. The van der Waals surface area contributed by atoms with Gasteiger partial charge in [0.05, 0.1) is 11.7 Å². The predicted octanol–water partition coefficient (Wildman–Crippen LogP) is 3.52. The Kier molecular flexibility index (Phi) is 2.06. The van der Waals surface area contributed by atoms with E-state index in [1.807, 2.05) is 0 Å². The second-order valence-corrected chi connectivity index (χ2v) is 5.19. The second kappa shape index (κ2) is 3.34. The van der Waals surface area contributed by atoms with Crippen LogP contribution in [0.2, 0.25) is 0 Å². The zero-order valence-electron chi connectivity index (χ0n) is 10.1. The van der Waals surface area contributed by atoms with E-state index in [-0.39, 0.29) is 0 Å². The van der Waals surface area contributed by atoms with Crippen molar-refractivity contribution in [2.24, 2.45) is 10.9 Å². The Hall–Kier alpha value is -1.31. The number of fused-ring (bicyclic) bond motifs is 2. The molecule has 84 valence electrons. The largest absolute Gasteiger partial charge is 0.349 e. The molecule has 0 N–H and O–H groups in total. The maximum absolute atomic E-state index is 4.74. The minimum absolute atomic E-state index is 0.491. The van der Waals surface area contributed by atoms with E-state index in [1.54, 1.807) is 0 Å². The van der Waals surface area contributed by atoms with Gasteiger partial charge in [0.15, 0.2) is 0 Å². The standard InChI is InChI=1S/C14H18N2/c1-9(2)13-8-14-15-12-7-5-4-6-11(12)10(3)16(13)14/h4-7,9-10,13H,8H2,1-3H3/t10-,13+/m1/s1. The number of rotatable bonds is 1. The summed E-state index contributed by atoms with van der Waals surface area (Å²) in [6.45, 7) is 6.89. The Morgan fingerprint density at radius 2 is 2.06 bits per heavy atom. The minimum atomic E-state index is 0.491. The quantitative estimate of drug-likeness (QED) is 0.698. The Balaban J connectivity index is 2.00. The topological polar surface area (TPSA) is 15.6 Å². The molecular formula is C14H18N2. The molecule has 2 atom stereocenters. The van der Waals surface area contributed by atoms with Crippen LogP contribution in [-0.4, -0.2) is 16.8 Å². The smallest absolute Gasteiger partial charge is 0.108 e. The minimum Gasteiger partial charge on any atom is -0.349 e. The van der Waals surface area contributed by atoms with Crippen LogP contribution in [0.3, 0.4) is 0 Å². The van der Waals surface area contributed by atoms with Crippen LogP contribution in [0.25, 0.3) is 0 Å². The van der Waals surface area contributed by atoms with Crippen LogP contribution in [0, 0.1) is 5.92 Å². The summed E-state index contributed by atoms with van der Waals surface area (Å²) >= 11 is 0. The molecule has 2 aliphatic heterocycles. The highest BCUT2D eigenvalue weighted by Crippen LogP contribution is 2.43. The van der Waals surface area contributed by atoms with E-state index >= 15 is 0 Å². The molecule has 3 rings (SSSR count). The van der Waals surface area contributed by atoms with Crippen LogP contribution in [-0.2, 0) is 0 Å². The molecule has 1 fully saturated rings. The Morgan fingerprint density at radius 3 is 2.81 bits per heavy atom. The van der Waals surface area contributed by atoms with Gasteiger partial charge in [-0.3, -0.25) is 0 Å². The third kappa shape index (κ3) is 1.22. The number of benzene rings is 1. The molecule has 0 radical (unpaired) electrons.